The maximum absolute atomic E-state index is 14.5. The summed E-state index contributed by atoms with van der Waals surface area (Å²) in [6.07, 6.45) is 4.01. The summed E-state index contributed by atoms with van der Waals surface area (Å²) in [6, 6.07) is 22.4. The number of para-hydroxylation sites is 1. The summed E-state index contributed by atoms with van der Waals surface area (Å²) in [5.41, 5.74) is 3.43. The Labute approximate surface area is 234 Å². The van der Waals surface area contributed by atoms with Gasteiger partial charge in [-0.15, -0.1) is 11.3 Å². The van der Waals surface area contributed by atoms with Crippen LogP contribution in [0.3, 0.4) is 0 Å². The molecule has 4 heterocycles. The van der Waals surface area contributed by atoms with Gasteiger partial charge in [-0.05, 0) is 72.0 Å². The largest absolute Gasteiger partial charge is 0.352 e. The van der Waals surface area contributed by atoms with Crippen LogP contribution in [0.1, 0.15) is 36.7 Å². The molecule has 39 heavy (non-hydrogen) atoms. The van der Waals surface area contributed by atoms with Gasteiger partial charge in [0.2, 0.25) is 5.91 Å². The minimum atomic E-state index is -1.30. The molecule has 4 aromatic rings. The summed E-state index contributed by atoms with van der Waals surface area (Å²) in [4.78, 5) is 45.9. The van der Waals surface area contributed by atoms with Gasteiger partial charge in [-0.3, -0.25) is 14.4 Å². The zero-order valence-electron chi connectivity index (χ0n) is 20.9. The molecule has 3 aromatic carbocycles. The third-order valence-corrected chi connectivity index (χ3v) is 9.37. The number of carbonyl (C=O) groups excluding carboxylic acids is 3. The fourth-order valence-electron chi connectivity index (χ4n) is 6.66. The highest BCUT2D eigenvalue weighted by Gasteiger charge is 2.70. The molecule has 0 saturated carbocycles. The molecular formula is C32H23ClN2O3S. The Kier molecular flexibility index (Phi) is 5.41. The number of carbonyl (C=O) groups is 3. The van der Waals surface area contributed by atoms with Crippen molar-refractivity contribution in [1.29, 1.82) is 0 Å². The van der Waals surface area contributed by atoms with Gasteiger partial charge in [0.25, 0.3) is 0 Å². The Morgan fingerprint density at radius 3 is 2.54 bits per heavy atom. The van der Waals surface area contributed by atoms with Gasteiger partial charge in [-0.1, -0.05) is 59.6 Å². The summed E-state index contributed by atoms with van der Waals surface area (Å²) < 4.78 is 0. The molecule has 192 valence electrons. The van der Waals surface area contributed by atoms with Crippen LogP contribution in [0.4, 0.5) is 11.4 Å². The van der Waals surface area contributed by atoms with E-state index < -0.39 is 23.4 Å². The van der Waals surface area contributed by atoms with Gasteiger partial charge in [-0.25, -0.2) is 0 Å². The number of anilines is 2. The fraction of sp³-hybridized carbons (Fsp3) is 0.156. The Hall–Kier alpha value is -4.00. The number of hydrogen-bond acceptors (Lipinski definition) is 5. The van der Waals surface area contributed by atoms with Crippen LogP contribution in [0.15, 0.2) is 90.3 Å². The van der Waals surface area contributed by atoms with Crippen LogP contribution < -0.4 is 10.2 Å². The summed E-state index contributed by atoms with van der Waals surface area (Å²) in [5, 5.41) is 5.42. The number of thiophene rings is 1. The van der Waals surface area contributed by atoms with Crippen molar-refractivity contribution < 1.29 is 14.4 Å². The lowest BCUT2D eigenvalue weighted by molar-refractivity contribution is -0.121. The molecule has 1 spiro atoms. The second-order valence-corrected chi connectivity index (χ2v) is 11.7. The molecule has 1 aromatic heterocycles. The lowest BCUT2D eigenvalue weighted by Gasteiger charge is -2.37. The van der Waals surface area contributed by atoms with Crippen molar-refractivity contribution in [2.75, 3.05) is 10.2 Å². The van der Waals surface area contributed by atoms with E-state index in [9.17, 15) is 14.4 Å². The highest BCUT2D eigenvalue weighted by atomic mass is 35.5. The molecule has 7 heteroatoms. The van der Waals surface area contributed by atoms with Crippen LogP contribution in [-0.4, -0.2) is 29.6 Å². The van der Waals surface area contributed by atoms with Crippen LogP contribution in [0.5, 0.6) is 0 Å². The zero-order valence-corrected chi connectivity index (χ0v) is 22.5. The molecule has 3 aliphatic rings. The third kappa shape index (κ3) is 3.35. The molecule has 0 radical (unpaired) electrons. The highest BCUT2D eigenvalue weighted by molar-refractivity contribution is 7.12. The molecule has 0 unspecified atom stereocenters. The molecule has 1 amide bonds. The van der Waals surface area contributed by atoms with Crippen LogP contribution in [-0.2, 0) is 10.2 Å². The third-order valence-electron chi connectivity index (χ3n) is 8.23. The summed E-state index contributed by atoms with van der Waals surface area (Å²) in [7, 11) is 0. The maximum Gasteiger partial charge on any atom is 0.238 e. The smallest absolute Gasteiger partial charge is 0.238 e. The van der Waals surface area contributed by atoms with E-state index in [1.54, 1.807) is 30.3 Å². The van der Waals surface area contributed by atoms with Gasteiger partial charge in [0.05, 0.1) is 16.8 Å². The molecule has 1 N–H and O–H groups in total. The zero-order chi connectivity index (χ0) is 26.9. The monoisotopic (exact) mass is 550 g/mol. The summed E-state index contributed by atoms with van der Waals surface area (Å²) in [6.45, 7) is 2.02. The van der Waals surface area contributed by atoms with E-state index in [1.165, 1.54) is 11.3 Å². The van der Waals surface area contributed by atoms with Gasteiger partial charge in [0.15, 0.2) is 11.6 Å². The Morgan fingerprint density at radius 1 is 0.974 bits per heavy atom. The Morgan fingerprint density at radius 2 is 1.77 bits per heavy atom. The SMILES string of the molecule is Cc1ccc2c(c1)C=C[C@@H]1N2[C@H](C(=O)c2ccc(Cl)cc2)[C@H](C(=O)c2cccs2)[C@]12C(=O)Nc1ccccc12. The summed E-state index contributed by atoms with van der Waals surface area (Å²) in [5.74, 6) is -1.66. The molecule has 0 bridgehead atoms. The van der Waals surface area contributed by atoms with Gasteiger partial charge in [-0.2, -0.15) is 0 Å². The maximum atomic E-state index is 14.5. The quantitative estimate of drug-likeness (QED) is 0.292. The number of amides is 1. The standard InChI is InChI=1S/C32H23ClN2O3S/c1-18-8-14-24-20(17-18)11-15-26-32(22-5-2-3-6-23(22)34-31(32)38)27(30(37)25-7-4-16-39-25)28(35(24)26)29(36)19-9-12-21(33)13-10-19/h2-17,26-28H,1H3,(H,34,38)/t26-,27+,28-,32+/m0/s1. The number of benzene rings is 3. The predicted octanol–water partition coefficient (Wildman–Crippen LogP) is 6.57. The number of ketones is 2. The minimum absolute atomic E-state index is 0.208. The van der Waals surface area contributed by atoms with Crippen molar-refractivity contribution in [2.24, 2.45) is 5.92 Å². The molecule has 0 aliphatic carbocycles. The first-order valence-electron chi connectivity index (χ1n) is 12.8. The molecule has 4 atom stereocenters. The van der Waals surface area contributed by atoms with Gasteiger partial charge in [0.1, 0.15) is 11.5 Å². The van der Waals surface area contributed by atoms with Crippen molar-refractivity contribution in [1.82, 2.24) is 0 Å². The highest BCUT2D eigenvalue weighted by Crippen LogP contribution is 2.58. The normalized spacial score (nSPS) is 24.3. The number of Topliss-reactive ketones (excluding diaryl/α,β-unsaturated/α-hetero) is 2. The average molecular weight is 551 g/mol. The van der Waals surface area contributed by atoms with Crippen LogP contribution in [0, 0.1) is 12.8 Å². The van der Waals surface area contributed by atoms with Crippen molar-refractivity contribution >= 4 is 57.9 Å². The first-order chi connectivity index (χ1) is 18.9. The number of nitrogens with zero attached hydrogens (tertiary/aromatic N) is 1. The Bertz CT molecular complexity index is 1690. The van der Waals surface area contributed by atoms with Crippen molar-refractivity contribution in [3.63, 3.8) is 0 Å². The molecule has 7 rings (SSSR count). The number of halogens is 1. The van der Waals surface area contributed by atoms with E-state index in [0.717, 1.165) is 22.4 Å². The average Bonchev–Trinajstić information content (AvgIpc) is 3.65. The van der Waals surface area contributed by atoms with Crippen molar-refractivity contribution in [2.45, 2.75) is 24.4 Å². The van der Waals surface area contributed by atoms with Crippen molar-refractivity contribution in [3.8, 4) is 0 Å². The molecule has 1 fully saturated rings. The Balaban J connectivity index is 1.54. The van der Waals surface area contributed by atoms with E-state index in [1.807, 2.05) is 71.8 Å². The second-order valence-electron chi connectivity index (χ2n) is 10.3. The molecule has 5 nitrogen and oxygen atoms in total. The van der Waals surface area contributed by atoms with E-state index in [2.05, 4.69) is 11.4 Å². The number of rotatable bonds is 4. The fourth-order valence-corrected chi connectivity index (χ4v) is 7.49. The number of fused-ring (bicyclic) bond motifs is 6. The van der Waals surface area contributed by atoms with Crippen LogP contribution in [0.25, 0.3) is 6.08 Å². The predicted molar refractivity (Wildman–Crippen MR) is 155 cm³/mol. The van der Waals surface area contributed by atoms with Gasteiger partial charge < -0.3 is 10.2 Å². The van der Waals surface area contributed by atoms with E-state index in [4.69, 9.17) is 11.6 Å². The van der Waals surface area contributed by atoms with Gasteiger partial charge in [0, 0.05) is 22.0 Å². The molecule has 3 aliphatic heterocycles. The summed E-state index contributed by atoms with van der Waals surface area (Å²) >= 11 is 7.48. The van der Waals surface area contributed by atoms with Crippen LogP contribution in [0.2, 0.25) is 5.02 Å². The van der Waals surface area contributed by atoms with Gasteiger partial charge >= 0.3 is 0 Å². The second kappa shape index (κ2) is 8.76. The number of aryl methyl sites for hydroxylation is 1. The minimum Gasteiger partial charge on any atom is -0.352 e. The topological polar surface area (TPSA) is 66.5 Å². The molecular weight excluding hydrogens is 528 g/mol. The van der Waals surface area contributed by atoms with E-state index in [-0.39, 0.29) is 17.5 Å². The van der Waals surface area contributed by atoms with Crippen molar-refractivity contribution in [3.05, 3.63) is 122 Å². The lowest BCUT2D eigenvalue weighted by atomic mass is 9.64. The first kappa shape index (κ1) is 24.1. The lowest BCUT2D eigenvalue weighted by Crippen LogP contribution is -2.51. The molecule has 1 saturated heterocycles. The number of hydrogen-bond donors (Lipinski definition) is 1. The van der Waals surface area contributed by atoms with Crippen LogP contribution >= 0.6 is 22.9 Å². The van der Waals surface area contributed by atoms with E-state index >= 15 is 0 Å². The van der Waals surface area contributed by atoms with E-state index in [0.29, 0.717) is 21.2 Å². The first-order valence-corrected chi connectivity index (χ1v) is 14.0. The number of nitrogens with one attached hydrogen (secondary N) is 1.